The first-order valence-corrected chi connectivity index (χ1v) is 5.75. The molecule has 0 aliphatic rings. The molecule has 3 N–H and O–H groups in total. The second-order valence-corrected chi connectivity index (χ2v) is 3.96. The van der Waals surface area contributed by atoms with E-state index < -0.39 is 11.7 Å². The molecule has 0 saturated carbocycles. The maximum Gasteiger partial charge on any atom is 0.271 e. The van der Waals surface area contributed by atoms with Gasteiger partial charge in [-0.05, 0) is 19.1 Å². The van der Waals surface area contributed by atoms with Gasteiger partial charge in [-0.15, -0.1) is 0 Å². The molecule has 1 aromatic heterocycles. The number of aromatic nitrogens is 3. The van der Waals surface area contributed by atoms with E-state index in [0.29, 0.717) is 0 Å². The highest BCUT2D eigenvalue weighted by molar-refractivity contribution is 6.32. The number of carbonyl (C=O) groups is 1. The van der Waals surface area contributed by atoms with Crippen LogP contribution in [-0.4, -0.2) is 27.9 Å². The third kappa shape index (κ3) is 2.37. The number of nitrogens with zero attached hydrogens (tertiary/aromatic N) is 2. The Bertz CT molecular complexity index is 629. The lowest BCUT2D eigenvalue weighted by Gasteiger charge is -2.09. The first-order valence-electron chi connectivity index (χ1n) is 5.38. The maximum atomic E-state index is 14.3. The average molecular weight is 285 g/mol. The predicted octanol–water partition coefficient (Wildman–Crippen LogP) is 1.76. The lowest BCUT2D eigenvalue weighted by atomic mass is 10.1. The largest absolute Gasteiger partial charge is 0.489 e. The van der Waals surface area contributed by atoms with E-state index in [0.717, 1.165) is 0 Å². The molecule has 0 aliphatic heterocycles. The molecule has 0 unspecified atom stereocenters. The Morgan fingerprint density at radius 1 is 1.53 bits per heavy atom. The van der Waals surface area contributed by atoms with E-state index >= 15 is 0 Å². The summed E-state index contributed by atoms with van der Waals surface area (Å²) < 4.78 is 19.4. The van der Waals surface area contributed by atoms with Gasteiger partial charge in [0.25, 0.3) is 5.91 Å². The van der Waals surface area contributed by atoms with E-state index in [9.17, 15) is 9.18 Å². The molecule has 0 fully saturated rings. The van der Waals surface area contributed by atoms with Crippen LogP contribution < -0.4 is 10.5 Å². The van der Waals surface area contributed by atoms with Crippen LogP contribution in [0.4, 0.5) is 4.39 Å². The molecule has 0 spiro atoms. The van der Waals surface area contributed by atoms with Gasteiger partial charge in [-0.3, -0.25) is 4.79 Å². The van der Waals surface area contributed by atoms with E-state index in [1.54, 1.807) is 6.92 Å². The van der Waals surface area contributed by atoms with Crippen LogP contribution in [0.1, 0.15) is 17.4 Å². The fourth-order valence-electron chi connectivity index (χ4n) is 1.58. The zero-order valence-corrected chi connectivity index (χ0v) is 10.7. The molecule has 19 heavy (non-hydrogen) atoms. The standard InChI is InChI=1S/C11H10ClFN4O2/c1-2-19-10-6(12)4-3-5(7(10)13)8-9(11(14)18)16-17-15-8/h3-4H,2H2,1H3,(H2,14,18)(H,15,16,17). The van der Waals surface area contributed by atoms with Gasteiger partial charge in [-0.2, -0.15) is 15.4 Å². The normalized spacial score (nSPS) is 10.5. The summed E-state index contributed by atoms with van der Waals surface area (Å²) in [7, 11) is 0. The Morgan fingerprint density at radius 2 is 2.26 bits per heavy atom. The van der Waals surface area contributed by atoms with Crippen LogP contribution in [-0.2, 0) is 0 Å². The molecule has 1 heterocycles. The number of halogens is 2. The summed E-state index contributed by atoms with van der Waals surface area (Å²) in [5.41, 5.74) is 5.04. The smallest absolute Gasteiger partial charge is 0.271 e. The number of carbonyl (C=O) groups excluding carboxylic acids is 1. The van der Waals surface area contributed by atoms with Gasteiger partial charge in [0.15, 0.2) is 17.3 Å². The second-order valence-electron chi connectivity index (χ2n) is 3.56. The Labute approximate surface area is 112 Å². The van der Waals surface area contributed by atoms with Gasteiger partial charge < -0.3 is 10.5 Å². The van der Waals surface area contributed by atoms with E-state index in [4.69, 9.17) is 22.1 Å². The topological polar surface area (TPSA) is 93.9 Å². The van der Waals surface area contributed by atoms with Gasteiger partial charge in [0.2, 0.25) is 0 Å². The fraction of sp³-hybridized carbons (Fsp3) is 0.182. The van der Waals surface area contributed by atoms with Crippen molar-refractivity contribution in [3.8, 4) is 17.0 Å². The average Bonchev–Trinajstić information content (AvgIpc) is 2.83. The van der Waals surface area contributed by atoms with Crippen LogP contribution in [0.2, 0.25) is 5.02 Å². The summed E-state index contributed by atoms with van der Waals surface area (Å²) in [6, 6.07) is 2.83. The number of benzene rings is 1. The number of nitrogens with two attached hydrogens (primary N) is 1. The SMILES string of the molecule is CCOc1c(Cl)ccc(-c2n[nH]nc2C(N)=O)c1F. The van der Waals surface area contributed by atoms with E-state index in [1.165, 1.54) is 12.1 Å². The molecule has 0 radical (unpaired) electrons. The summed E-state index contributed by atoms with van der Waals surface area (Å²) in [5, 5.41) is 9.67. The Kier molecular flexibility index (Phi) is 3.66. The van der Waals surface area contributed by atoms with Crippen molar-refractivity contribution in [1.29, 1.82) is 0 Å². The maximum absolute atomic E-state index is 14.3. The Hall–Kier alpha value is -2.15. The molecule has 0 bridgehead atoms. The van der Waals surface area contributed by atoms with Crippen molar-refractivity contribution in [3.63, 3.8) is 0 Å². The summed E-state index contributed by atoms with van der Waals surface area (Å²) in [4.78, 5) is 11.2. The van der Waals surface area contributed by atoms with Crippen molar-refractivity contribution < 1.29 is 13.9 Å². The lowest BCUT2D eigenvalue weighted by Crippen LogP contribution is -2.13. The first kappa shape index (κ1) is 13.3. The fourth-order valence-corrected chi connectivity index (χ4v) is 1.78. The number of hydrogen-bond donors (Lipinski definition) is 2. The van der Waals surface area contributed by atoms with Crippen LogP contribution in [0.5, 0.6) is 5.75 Å². The molecule has 0 saturated heterocycles. The summed E-state index contributed by atoms with van der Waals surface area (Å²) >= 11 is 5.84. The molecule has 6 nitrogen and oxygen atoms in total. The van der Waals surface area contributed by atoms with Gasteiger partial charge in [0.05, 0.1) is 11.6 Å². The summed E-state index contributed by atoms with van der Waals surface area (Å²) in [5.74, 6) is -1.62. The molecule has 8 heteroatoms. The van der Waals surface area contributed by atoms with Crippen molar-refractivity contribution in [1.82, 2.24) is 15.4 Å². The van der Waals surface area contributed by atoms with Gasteiger partial charge in [0.1, 0.15) is 5.69 Å². The lowest BCUT2D eigenvalue weighted by molar-refractivity contribution is 0.0996. The van der Waals surface area contributed by atoms with E-state index in [2.05, 4.69) is 15.4 Å². The zero-order valence-electron chi connectivity index (χ0n) is 9.91. The highest BCUT2D eigenvalue weighted by atomic mass is 35.5. The number of H-pyrrole nitrogens is 1. The number of ether oxygens (including phenoxy) is 1. The molecular formula is C11H10ClFN4O2. The quantitative estimate of drug-likeness (QED) is 0.894. The van der Waals surface area contributed by atoms with Crippen molar-refractivity contribution in [2.24, 2.45) is 5.73 Å². The van der Waals surface area contributed by atoms with Crippen LogP contribution in [0.15, 0.2) is 12.1 Å². The number of nitrogens with one attached hydrogen (secondary N) is 1. The molecule has 2 rings (SSSR count). The predicted molar refractivity (Wildman–Crippen MR) is 66.5 cm³/mol. The van der Waals surface area contributed by atoms with E-state index in [-0.39, 0.29) is 34.3 Å². The van der Waals surface area contributed by atoms with Gasteiger partial charge in [-0.1, -0.05) is 11.6 Å². The summed E-state index contributed by atoms with van der Waals surface area (Å²) in [6.07, 6.45) is 0. The minimum atomic E-state index is -0.809. The molecule has 1 aromatic carbocycles. The number of hydrogen-bond acceptors (Lipinski definition) is 4. The molecule has 1 amide bonds. The Balaban J connectivity index is 2.60. The molecule has 100 valence electrons. The number of primary amides is 1. The van der Waals surface area contributed by atoms with Crippen molar-refractivity contribution in [3.05, 3.63) is 28.7 Å². The molecule has 0 atom stereocenters. The highest BCUT2D eigenvalue weighted by Gasteiger charge is 2.22. The van der Waals surface area contributed by atoms with Gasteiger partial charge >= 0.3 is 0 Å². The van der Waals surface area contributed by atoms with Crippen molar-refractivity contribution in [2.45, 2.75) is 6.92 Å². The van der Waals surface area contributed by atoms with Crippen LogP contribution in [0.25, 0.3) is 11.3 Å². The third-order valence-electron chi connectivity index (χ3n) is 2.37. The number of rotatable bonds is 4. The Morgan fingerprint density at radius 3 is 2.89 bits per heavy atom. The minimum absolute atomic E-state index is 0.0163. The molecular weight excluding hydrogens is 275 g/mol. The van der Waals surface area contributed by atoms with Crippen LogP contribution in [0, 0.1) is 5.82 Å². The molecule has 2 aromatic rings. The number of aromatic amines is 1. The van der Waals surface area contributed by atoms with Gasteiger partial charge in [-0.25, -0.2) is 4.39 Å². The monoisotopic (exact) mass is 284 g/mol. The minimum Gasteiger partial charge on any atom is -0.489 e. The van der Waals surface area contributed by atoms with Crippen molar-refractivity contribution in [2.75, 3.05) is 6.61 Å². The summed E-state index contributed by atoms with van der Waals surface area (Å²) in [6.45, 7) is 1.95. The highest BCUT2D eigenvalue weighted by Crippen LogP contribution is 2.35. The second kappa shape index (κ2) is 5.23. The van der Waals surface area contributed by atoms with Crippen LogP contribution in [0.3, 0.4) is 0 Å². The van der Waals surface area contributed by atoms with Crippen molar-refractivity contribution >= 4 is 17.5 Å². The first-order chi connectivity index (χ1) is 9.06. The van der Waals surface area contributed by atoms with Gasteiger partial charge in [0, 0.05) is 5.56 Å². The zero-order chi connectivity index (χ0) is 14.0. The molecule has 0 aliphatic carbocycles. The third-order valence-corrected chi connectivity index (χ3v) is 2.67. The van der Waals surface area contributed by atoms with E-state index in [1.807, 2.05) is 0 Å². The number of amides is 1. The van der Waals surface area contributed by atoms with Crippen LogP contribution >= 0.6 is 11.6 Å².